The average Bonchev–Trinajstić information content (AvgIpc) is 3.75. The molecule has 0 aliphatic rings. The lowest BCUT2D eigenvalue weighted by Crippen LogP contribution is -2.51. The Kier molecular flexibility index (Phi) is 8.68. The summed E-state index contributed by atoms with van der Waals surface area (Å²) < 4.78 is 6.63. The Balaban J connectivity index is 1.09. The molecule has 0 spiro atoms. The highest BCUT2D eigenvalue weighted by Gasteiger charge is 2.21. The summed E-state index contributed by atoms with van der Waals surface area (Å²) in [6, 6.07) is 81.1. The molecule has 0 N–H and O–H groups in total. The lowest BCUT2D eigenvalue weighted by molar-refractivity contribution is 0.623. The molecule has 0 saturated heterocycles. The van der Waals surface area contributed by atoms with Crippen molar-refractivity contribution >= 4 is 84.8 Å². The van der Waals surface area contributed by atoms with Crippen LogP contribution in [0, 0.1) is 0 Å². The molecule has 11 aromatic rings. The zero-order valence-electron chi connectivity index (χ0n) is 32.2. The van der Waals surface area contributed by atoms with Gasteiger partial charge in [0.15, 0.2) is 5.58 Å². The molecule has 278 valence electrons. The van der Waals surface area contributed by atoms with Crippen molar-refractivity contribution in [1.82, 2.24) is 4.98 Å². The van der Waals surface area contributed by atoms with Crippen LogP contribution in [-0.4, -0.2) is 13.8 Å². The number of hydrogen-bond acceptors (Lipinski definition) is 3. The first kappa shape index (κ1) is 34.7. The summed E-state index contributed by atoms with van der Waals surface area (Å²) in [7, 11) is -1.72. The third-order valence-corrected chi connectivity index (χ3v) is 14.7. The minimum atomic E-state index is -1.72. The van der Waals surface area contributed by atoms with Crippen LogP contribution in [0.1, 0.15) is 0 Å². The van der Waals surface area contributed by atoms with Crippen LogP contribution >= 0.6 is 0 Å². The summed E-state index contributed by atoms with van der Waals surface area (Å²) in [4.78, 5) is 7.35. The van der Waals surface area contributed by atoms with Crippen LogP contribution in [0.5, 0.6) is 0 Å². The van der Waals surface area contributed by atoms with Gasteiger partial charge in [0, 0.05) is 27.7 Å². The summed E-state index contributed by atoms with van der Waals surface area (Å²) in [5.74, 6) is 0.626. The zero-order chi connectivity index (χ0) is 39.1. The molecule has 0 aliphatic carbocycles. The topological polar surface area (TPSA) is 29.3 Å². The zero-order valence-corrected chi connectivity index (χ0v) is 33.4. The molecule has 0 fully saturated rings. The normalized spacial score (nSPS) is 11.5. The van der Waals surface area contributed by atoms with Crippen molar-refractivity contribution in [3.63, 3.8) is 0 Å². The van der Waals surface area contributed by atoms with Gasteiger partial charge in [-0.1, -0.05) is 191 Å². The van der Waals surface area contributed by atoms with Gasteiger partial charge in [-0.2, -0.15) is 0 Å². The van der Waals surface area contributed by atoms with Crippen molar-refractivity contribution in [3.05, 3.63) is 224 Å². The molecule has 0 unspecified atom stereocenters. The van der Waals surface area contributed by atoms with Gasteiger partial charge in [-0.15, -0.1) is 0 Å². The van der Waals surface area contributed by atoms with Crippen molar-refractivity contribution in [2.75, 3.05) is 4.90 Å². The van der Waals surface area contributed by atoms with Crippen LogP contribution < -0.4 is 20.5 Å². The monoisotopic (exact) mass is 770 g/mol. The van der Waals surface area contributed by atoms with E-state index >= 15 is 0 Å². The molecule has 0 radical (unpaired) electrons. The molecule has 0 atom stereocenters. The van der Waals surface area contributed by atoms with Crippen LogP contribution in [0.25, 0.3) is 66.0 Å². The number of rotatable bonds is 8. The van der Waals surface area contributed by atoms with Gasteiger partial charge < -0.3 is 9.32 Å². The highest BCUT2D eigenvalue weighted by Crippen LogP contribution is 2.43. The Hall–Kier alpha value is -7.53. The summed E-state index contributed by atoms with van der Waals surface area (Å²) >= 11 is 0. The van der Waals surface area contributed by atoms with Crippen LogP contribution in [0.3, 0.4) is 0 Å². The van der Waals surface area contributed by atoms with Gasteiger partial charge in [0.05, 0.1) is 5.69 Å². The molecule has 10 aromatic carbocycles. The molecule has 11 rings (SSSR count). The quantitative estimate of drug-likeness (QED) is 0.0875. The standard InChI is InChI=1S/C55H38N2OSi/c1-4-16-41(17-5-1)55-56-51-34-32-40-30-29-39-31-33-45(37-50(39)53(40)54(51)58-55)57(52-28-14-18-38-15-10-11-27-49(38)52)44-21-12-19-42(35-44)43-20-13-26-48(36-43)59(46-22-6-2-7-23-46)47-24-8-3-9-25-47/h1-37,59H. The van der Waals surface area contributed by atoms with E-state index in [1.807, 2.05) is 30.3 Å². The molecule has 0 amide bonds. The second-order valence-electron chi connectivity index (χ2n) is 15.1. The van der Waals surface area contributed by atoms with Crippen molar-refractivity contribution in [3.8, 4) is 22.6 Å². The van der Waals surface area contributed by atoms with Gasteiger partial charge in [0.25, 0.3) is 0 Å². The van der Waals surface area contributed by atoms with E-state index in [2.05, 4.69) is 199 Å². The highest BCUT2D eigenvalue weighted by molar-refractivity contribution is 6.95. The minimum Gasteiger partial charge on any atom is -0.435 e. The van der Waals surface area contributed by atoms with E-state index in [-0.39, 0.29) is 0 Å². The smallest absolute Gasteiger partial charge is 0.227 e. The Morgan fingerprint density at radius 1 is 0.390 bits per heavy atom. The van der Waals surface area contributed by atoms with Crippen LogP contribution in [0.2, 0.25) is 0 Å². The highest BCUT2D eigenvalue weighted by atomic mass is 28.3. The third-order valence-electron chi connectivity index (χ3n) is 11.5. The average molecular weight is 771 g/mol. The maximum absolute atomic E-state index is 6.63. The van der Waals surface area contributed by atoms with E-state index in [0.717, 1.165) is 55.3 Å². The van der Waals surface area contributed by atoms with E-state index in [1.54, 1.807) is 0 Å². The number of anilines is 3. The first-order valence-corrected chi connectivity index (χ1v) is 21.9. The molecule has 1 heterocycles. The van der Waals surface area contributed by atoms with Crippen molar-refractivity contribution in [2.45, 2.75) is 0 Å². The van der Waals surface area contributed by atoms with Crippen molar-refractivity contribution < 1.29 is 4.42 Å². The fraction of sp³-hybridized carbons (Fsp3) is 0. The Bertz CT molecular complexity index is 3240. The van der Waals surface area contributed by atoms with E-state index in [9.17, 15) is 0 Å². The van der Waals surface area contributed by atoms with E-state index in [1.165, 1.54) is 37.5 Å². The maximum atomic E-state index is 6.63. The molecule has 59 heavy (non-hydrogen) atoms. The van der Waals surface area contributed by atoms with E-state index in [4.69, 9.17) is 9.40 Å². The number of fused-ring (bicyclic) bond motifs is 6. The van der Waals surface area contributed by atoms with Gasteiger partial charge in [-0.05, 0) is 81.2 Å². The lowest BCUT2D eigenvalue weighted by atomic mass is 9.99. The second-order valence-corrected chi connectivity index (χ2v) is 18.0. The van der Waals surface area contributed by atoms with Crippen LogP contribution in [-0.2, 0) is 0 Å². The van der Waals surface area contributed by atoms with Gasteiger partial charge >= 0.3 is 0 Å². The van der Waals surface area contributed by atoms with Gasteiger partial charge in [0.2, 0.25) is 5.89 Å². The summed E-state index contributed by atoms with van der Waals surface area (Å²) in [6.45, 7) is 0. The number of hydrogen-bond donors (Lipinski definition) is 0. The first-order chi connectivity index (χ1) is 29.2. The second kappa shape index (κ2) is 14.8. The maximum Gasteiger partial charge on any atom is 0.227 e. The van der Waals surface area contributed by atoms with Gasteiger partial charge in [-0.25, -0.2) is 4.98 Å². The molecule has 0 bridgehead atoms. The Morgan fingerprint density at radius 2 is 0.949 bits per heavy atom. The summed E-state index contributed by atoms with van der Waals surface area (Å²) in [6.07, 6.45) is 0. The van der Waals surface area contributed by atoms with Gasteiger partial charge in [-0.3, -0.25) is 0 Å². The SMILES string of the molecule is c1ccc(-c2nc3ccc4ccc5ccc(N(c6cccc(-c7cccc([SiH](c8ccccc8)c8ccccc8)c7)c6)c6cccc7ccccc67)cc5c4c3o2)cc1. The molecular formula is C55H38N2OSi. The fourth-order valence-electron chi connectivity index (χ4n) is 8.77. The lowest BCUT2D eigenvalue weighted by Gasteiger charge is -2.28. The van der Waals surface area contributed by atoms with Crippen LogP contribution in [0.15, 0.2) is 229 Å². The summed E-state index contributed by atoms with van der Waals surface area (Å²) in [5.41, 5.74) is 8.25. The fourth-order valence-corrected chi connectivity index (χ4v) is 11.8. The van der Waals surface area contributed by atoms with Crippen molar-refractivity contribution in [1.29, 1.82) is 0 Å². The Morgan fingerprint density at radius 3 is 1.75 bits per heavy atom. The first-order valence-electron chi connectivity index (χ1n) is 20.1. The number of benzene rings is 10. The molecular weight excluding hydrogens is 733 g/mol. The van der Waals surface area contributed by atoms with Crippen molar-refractivity contribution in [2.24, 2.45) is 0 Å². The predicted octanol–water partition coefficient (Wildman–Crippen LogP) is 12.3. The Labute approximate surface area is 344 Å². The molecule has 4 heteroatoms. The van der Waals surface area contributed by atoms with E-state index < -0.39 is 8.80 Å². The largest absolute Gasteiger partial charge is 0.435 e. The number of aromatic nitrogens is 1. The van der Waals surface area contributed by atoms with E-state index in [0.29, 0.717) is 5.89 Å². The summed E-state index contributed by atoms with van der Waals surface area (Å²) in [5, 5.41) is 11.0. The number of nitrogens with zero attached hydrogens (tertiary/aromatic N) is 2. The molecule has 1 aromatic heterocycles. The van der Waals surface area contributed by atoms with Gasteiger partial charge in [0.1, 0.15) is 14.3 Å². The molecule has 0 aliphatic heterocycles. The predicted molar refractivity (Wildman–Crippen MR) is 251 cm³/mol. The van der Waals surface area contributed by atoms with Crippen LogP contribution in [0.4, 0.5) is 17.1 Å². The third kappa shape index (κ3) is 6.37. The molecule has 3 nitrogen and oxygen atoms in total. The number of oxazole rings is 1. The minimum absolute atomic E-state index is 0.626. The molecule has 0 saturated carbocycles.